The highest BCUT2D eigenvalue weighted by molar-refractivity contribution is 9.10. The third kappa shape index (κ3) is 2.37. The lowest BCUT2D eigenvalue weighted by Crippen LogP contribution is -2.09. The van der Waals surface area contributed by atoms with E-state index in [9.17, 15) is 13.6 Å². The summed E-state index contributed by atoms with van der Waals surface area (Å²) in [6.45, 7) is 0. The fourth-order valence-corrected chi connectivity index (χ4v) is 2.45. The zero-order chi connectivity index (χ0) is 10.0. The van der Waals surface area contributed by atoms with Crippen LogP contribution in [0, 0.1) is 0 Å². The van der Waals surface area contributed by atoms with Gasteiger partial charge in [0.15, 0.2) is 0 Å². The Morgan fingerprint density at radius 2 is 2.15 bits per heavy atom. The van der Waals surface area contributed by atoms with Gasteiger partial charge in [-0.15, -0.1) is 0 Å². The summed E-state index contributed by atoms with van der Waals surface area (Å²) in [5, 5.41) is 0.268. The third-order valence-electron chi connectivity index (χ3n) is 1.50. The van der Waals surface area contributed by atoms with E-state index in [0.29, 0.717) is 10.2 Å². The number of hydrogen-bond acceptors (Lipinski definition) is 1. The third-order valence-corrected chi connectivity index (χ3v) is 2.74. The normalized spacial score (nSPS) is 10.8. The summed E-state index contributed by atoms with van der Waals surface area (Å²) in [6, 6.07) is 0.909. The quantitative estimate of drug-likeness (QED) is 0.660. The number of H-pyrrole nitrogens is 1. The molecule has 0 aliphatic rings. The lowest BCUT2D eigenvalue weighted by atomic mass is 10.2. The summed E-state index contributed by atoms with van der Waals surface area (Å²) in [5.74, 6) is 0. The lowest BCUT2D eigenvalue weighted by molar-refractivity contribution is 0.150. The smallest absolute Gasteiger partial charge is 0.264 e. The molecule has 0 aromatic carbocycles. The Kier molecular flexibility index (Phi) is 3.61. The molecule has 0 amide bonds. The molecule has 0 fully saturated rings. The second-order valence-corrected chi connectivity index (χ2v) is 3.67. The van der Waals surface area contributed by atoms with E-state index < -0.39 is 12.0 Å². The standard InChI is InChI=1S/C7H5Br2F2NO/c8-2-4-3(7(10)11)1-5(13)12-6(4)9/h1,7H,2H2,(H,12,13). The van der Waals surface area contributed by atoms with Crippen LogP contribution in [-0.4, -0.2) is 4.98 Å². The molecule has 1 aromatic rings. The van der Waals surface area contributed by atoms with Crippen molar-refractivity contribution in [3.05, 3.63) is 32.2 Å². The van der Waals surface area contributed by atoms with Gasteiger partial charge in [-0.25, -0.2) is 8.78 Å². The minimum atomic E-state index is -2.63. The summed E-state index contributed by atoms with van der Waals surface area (Å²) in [4.78, 5) is 13.2. The van der Waals surface area contributed by atoms with Gasteiger partial charge < -0.3 is 4.98 Å². The molecular weight excluding hydrogens is 312 g/mol. The van der Waals surface area contributed by atoms with E-state index in [0.717, 1.165) is 6.07 Å². The van der Waals surface area contributed by atoms with Crippen molar-refractivity contribution in [2.75, 3.05) is 0 Å². The van der Waals surface area contributed by atoms with Crippen LogP contribution < -0.4 is 5.56 Å². The summed E-state index contributed by atoms with van der Waals surface area (Å²) >= 11 is 6.07. The fourth-order valence-electron chi connectivity index (χ4n) is 0.905. The first-order valence-corrected chi connectivity index (χ1v) is 5.23. The average Bonchev–Trinajstić information content (AvgIpc) is 2.02. The van der Waals surface area contributed by atoms with Crippen molar-refractivity contribution in [2.24, 2.45) is 0 Å². The average molecular weight is 317 g/mol. The van der Waals surface area contributed by atoms with E-state index in [1.54, 1.807) is 0 Å². The molecular formula is C7H5Br2F2NO. The molecule has 0 aliphatic carbocycles. The molecule has 0 aliphatic heterocycles. The van der Waals surface area contributed by atoms with Gasteiger partial charge in [-0.1, -0.05) is 15.9 Å². The highest BCUT2D eigenvalue weighted by atomic mass is 79.9. The van der Waals surface area contributed by atoms with Crippen LogP contribution in [0.5, 0.6) is 0 Å². The Hall–Kier alpha value is -0.230. The maximum atomic E-state index is 12.4. The molecule has 1 N–H and O–H groups in total. The Morgan fingerprint density at radius 1 is 1.54 bits per heavy atom. The molecule has 0 saturated carbocycles. The number of aromatic amines is 1. The van der Waals surface area contributed by atoms with Crippen molar-refractivity contribution in [3.63, 3.8) is 0 Å². The van der Waals surface area contributed by atoms with E-state index in [1.165, 1.54) is 0 Å². The Balaban J connectivity index is 3.38. The first kappa shape index (κ1) is 10.8. The van der Waals surface area contributed by atoms with E-state index in [4.69, 9.17) is 0 Å². The monoisotopic (exact) mass is 315 g/mol. The van der Waals surface area contributed by atoms with Gasteiger partial charge in [0.25, 0.3) is 6.43 Å². The van der Waals surface area contributed by atoms with Crippen LogP contribution in [0.25, 0.3) is 0 Å². The Labute approximate surface area is 89.6 Å². The number of rotatable bonds is 2. The largest absolute Gasteiger partial charge is 0.316 e. The van der Waals surface area contributed by atoms with Crippen LogP contribution in [0.4, 0.5) is 8.78 Å². The summed E-state index contributed by atoms with van der Waals surface area (Å²) in [7, 11) is 0. The van der Waals surface area contributed by atoms with Crippen molar-refractivity contribution in [1.82, 2.24) is 4.98 Å². The fraction of sp³-hybridized carbons (Fsp3) is 0.286. The maximum Gasteiger partial charge on any atom is 0.264 e. The Morgan fingerprint density at radius 3 is 2.62 bits per heavy atom. The second kappa shape index (κ2) is 4.32. The van der Waals surface area contributed by atoms with Crippen LogP contribution in [-0.2, 0) is 5.33 Å². The van der Waals surface area contributed by atoms with Crippen LogP contribution in [0.15, 0.2) is 15.5 Å². The van der Waals surface area contributed by atoms with Gasteiger partial charge in [-0.05, 0) is 15.9 Å². The van der Waals surface area contributed by atoms with Gasteiger partial charge in [-0.3, -0.25) is 4.79 Å². The first-order valence-electron chi connectivity index (χ1n) is 3.32. The Bertz CT molecular complexity index is 364. The highest BCUT2D eigenvalue weighted by Crippen LogP contribution is 2.27. The van der Waals surface area contributed by atoms with Crippen molar-refractivity contribution in [2.45, 2.75) is 11.8 Å². The molecule has 72 valence electrons. The molecule has 2 nitrogen and oxygen atoms in total. The molecule has 0 spiro atoms. The summed E-state index contributed by atoms with van der Waals surface area (Å²) < 4.78 is 25.1. The molecule has 1 heterocycles. The first-order chi connectivity index (χ1) is 6.06. The summed E-state index contributed by atoms with van der Waals surface area (Å²) in [5.41, 5.74) is -0.408. The topological polar surface area (TPSA) is 32.9 Å². The van der Waals surface area contributed by atoms with Crippen LogP contribution >= 0.6 is 31.9 Å². The zero-order valence-electron chi connectivity index (χ0n) is 6.28. The molecule has 0 atom stereocenters. The number of alkyl halides is 3. The summed E-state index contributed by atoms with van der Waals surface area (Å²) in [6.07, 6.45) is -2.63. The van der Waals surface area contributed by atoms with Gasteiger partial charge in [0.2, 0.25) is 5.56 Å². The maximum absolute atomic E-state index is 12.4. The highest BCUT2D eigenvalue weighted by Gasteiger charge is 2.15. The lowest BCUT2D eigenvalue weighted by Gasteiger charge is -2.06. The molecule has 0 bridgehead atoms. The molecule has 13 heavy (non-hydrogen) atoms. The van der Waals surface area contributed by atoms with Crippen LogP contribution in [0.3, 0.4) is 0 Å². The molecule has 1 aromatic heterocycles. The SMILES string of the molecule is O=c1cc(C(F)F)c(CBr)c(Br)[nH]1. The number of hydrogen-bond donors (Lipinski definition) is 1. The van der Waals surface area contributed by atoms with E-state index in [1.807, 2.05) is 0 Å². The van der Waals surface area contributed by atoms with Crippen molar-refractivity contribution in [1.29, 1.82) is 0 Å². The second-order valence-electron chi connectivity index (χ2n) is 2.32. The van der Waals surface area contributed by atoms with Gasteiger partial charge in [0.1, 0.15) is 0 Å². The zero-order valence-corrected chi connectivity index (χ0v) is 9.45. The van der Waals surface area contributed by atoms with Gasteiger partial charge in [-0.2, -0.15) is 0 Å². The minimum Gasteiger partial charge on any atom is -0.316 e. The molecule has 1 rings (SSSR count). The molecule has 6 heteroatoms. The van der Waals surface area contributed by atoms with Gasteiger partial charge in [0, 0.05) is 22.5 Å². The number of halogens is 4. The predicted molar refractivity (Wildman–Crippen MR) is 52.4 cm³/mol. The van der Waals surface area contributed by atoms with E-state index in [-0.39, 0.29) is 10.9 Å². The van der Waals surface area contributed by atoms with Crippen molar-refractivity contribution < 1.29 is 8.78 Å². The van der Waals surface area contributed by atoms with Gasteiger partial charge >= 0.3 is 0 Å². The van der Waals surface area contributed by atoms with Crippen LogP contribution in [0.1, 0.15) is 17.6 Å². The molecule has 0 unspecified atom stereocenters. The minimum absolute atomic E-state index is 0.243. The van der Waals surface area contributed by atoms with E-state index >= 15 is 0 Å². The van der Waals surface area contributed by atoms with Crippen molar-refractivity contribution in [3.8, 4) is 0 Å². The van der Waals surface area contributed by atoms with Gasteiger partial charge in [0.05, 0.1) is 4.60 Å². The number of aromatic nitrogens is 1. The van der Waals surface area contributed by atoms with Crippen LogP contribution in [0.2, 0.25) is 0 Å². The number of nitrogens with one attached hydrogen (secondary N) is 1. The predicted octanol–water partition coefficient (Wildman–Crippen LogP) is 2.97. The number of pyridine rings is 1. The molecule has 0 saturated heterocycles. The molecule has 0 radical (unpaired) electrons. The van der Waals surface area contributed by atoms with E-state index in [2.05, 4.69) is 36.8 Å². The van der Waals surface area contributed by atoms with Crippen molar-refractivity contribution >= 4 is 31.9 Å².